The largest absolute Gasteiger partial charge is 0.399 e. The van der Waals surface area contributed by atoms with Gasteiger partial charge in [-0.15, -0.1) is 0 Å². The quantitative estimate of drug-likeness (QED) is 0.148. The van der Waals surface area contributed by atoms with Gasteiger partial charge in [-0.2, -0.15) is 0 Å². The number of allylic oxidation sites excluding steroid dienone is 4. The van der Waals surface area contributed by atoms with Gasteiger partial charge < -0.3 is 5.73 Å². The van der Waals surface area contributed by atoms with Crippen LogP contribution >= 0.6 is 0 Å². The van der Waals surface area contributed by atoms with Gasteiger partial charge in [0.25, 0.3) is 0 Å². The van der Waals surface area contributed by atoms with E-state index in [2.05, 4.69) is 153 Å². The standard InChI is InChI=1S/C42H33N/c1-3-14-30(4-2)34-21-35(31-15-8-5-9-16-31)24-38(22-34)40-27-41(29-42(43)28-40)39-25-36(32-17-10-6-11-18-32)23-37(26-39)33-19-12-7-13-20-33/h3-29H,1-2,43H2. The second kappa shape index (κ2) is 12.5. The Balaban J connectivity index is 1.53. The van der Waals surface area contributed by atoms with Crippen molar-refractivity contribution in [2.24, 2.45) is 0 Å². The van der Waals surface area contributed by atoms with Crippen molar-refractivity contribution in [3.05, 3.63) is 183 Å². The van der Waals surface area contributed by atoms with Crippen molar-refractivity contribution >= 4 is 11.3 Å². The second-order valence-electron chi connectivity index (χ2n) is 10.6. The Morgan fingerprint density at radius 2 is 0.744 bits per heavy atom. The van der Waals surface area contributed by atoms with Crippen molar-refractivity contribution < 1.29 is 0 Å². The van der Waals surface area contributed by atoms with Crippen LogP contribution in [0, 0.1) is 0 Å². The van der Waals surface area contributed by atoms with E-state index in [0.29, 0.717) is 0 Å². The van der Waals surface area contributed by atoms with E-state index in [9.17, 15) is 0 Å². The third-order valence-corrected chi connectivity index (χ3v) is 7.66. The first-order valence-electron chi connectivity index (χ1n) is 14.4. The molecule has 0 aliphatic carbocycles. The topological polar surface area (TPSA) is 26.0 Å². The van der Waals surface area contributed by atoms with E-state index in [1.165, 1.54) is 22.3 Å². The number of hydrogen-bond acceptors (Lipinski definition) is 1. The Kier molecular flexibility index (Phi) is 7.97. The van der Waals surface area contributed by atoms with Crippen LogP contribution < -0.4 is 5.73 Å². The maximum Gasteiger partial charge on any atom is 0.0326 e. The molecule has 0 fully saturated rings. The summed E-state index contributed by atoms with van der Waals surface area (Å²) in [6.45, 7) is 7.97. The molecule has 6 aromatic carbocycles. The molecule has 0 saturated carbocycles. The van der Waals surface area contributed by atoms with Crippen LogP contribution in [-0.2, 0) is 0 Å². The molecule has 43 heavy (non-hydrogen) atoms. The molecule has 0 atom stereocenters. The summed E-state index contributed by atoms with van der Waals surface area (Å²) in [4.78, 5) is 0. The zero-order chi connectivity index (χ0) is 29.6. The molecule has 0 aliphatic rings. The molecule has 0 spiro atoms. The highest BCUT2D eigenvalue weighted by Gasteiger charge is 2.12. The van der Waals surface area contributed by atoms with Crippen LogP contribution in [0.4, 0.5) is 5.69 Å². The van der Waals surface area contributed by atoms with Gasteiger partial charge in [0.1, 0.15) is 0 Å². The minimum absolute atomic E-state index is 0.719. The zero-order valence-electron chi connectivity index (χ0n) is 24.1. The first kappa shape index (κ1) is 27.5. The molecule has 0 aliphatic heterocycles. The first-order chi connectivity index (χ1) is 21.1. The summed E-state index contributed by atoms with van der Waals surface area (Å²) < 4.78 is 0. The third-order valence-electron chi connectivity index (χ3n) is 7.66. The molecule has 0 bridgehead atoms. The third kappa shape index (κ3) is 6.17. The van der Waals surface area contributed by atoms with Crippen molar-refractivity contribution in [2.45, 2.75) is 0 Å². The van der Waals surface area contributed by atoms with Crippen LogP contribution in [0.2, 0.25) is 0 Å². The molecule has 2 N–H and O–H groups in total. The summed E-state index contributed by atoms with van der Waals surface area (Å²) in [5, 5.41) is 0. The molecule has 0 heterocycles. The van der Waals surface area contributed by atoms with Crippen molar-refractivity contribution in [2.75, 3.05) is 5.73 Å². The van der Waals surface area contributed by atoms with Gasteiger partial charge in [-0.1, -0.05) is 122 Å². The van der Waals surface area contributed by atoms with Gasteiger partial charge in [0, 0.05) is 5.69 Å². The van der Waals surface area contributed by atoms with Gasteiger partial charge in [0.2, 0.25) is 0 Å². The van der Waals surface area contributed by atoms with Gasteiger partial charge in [-0.3, -0.25) is 0 Å². The molecule has 1 nitrogen and oxygen atoms in total. The van der Waals surface area contributed by atoms with Crippen molar-refractivity contribution in [3.63, 3.8) is 0 Å². The molecular weight excluding hydrogens is 518 g/mol. The highest BCUT2D eigenvalue weighted by Crippen LogP contribution is 2.37. The van der Waals surface area contributed by atoms with E-state index in [4.69, 9.17) is 5.73 Å². The van der Waals surface area contributed by atoms with Gasteiger partial charge in [0.05, 0.1) is 0 Å². The fourth-order valence-electron chi connectivity index (χ4n) is 5.54. The molecule has 1 heteroatoms. The monoisotopic (exact) mass is 551 g/mol. The minimum Gasteiger partial charge on any atom is -0.399 e. The van der Waals surface area contributed by atoms with Crippen LogP contribution in [0.1, 0.15) is 5.56 Å². The van der Waals surface area contributed by atoms with Gasteiger partial charge in [-0.25, -0.2) is 0 Å². The Labute approximate surface area is 254 Å². The van der Waals surface area contributed by atoms with Crippen LogP contribution in [0.5, 0.6) is 0 Å². The Hall–Kier alpha value is -5.66. The first-order valence-corrected chi connectivity index (χ1v) is 14.4. The van der Waals surface area contributed by atoms with Crippen molar-refractivity contribution in [1.29, 1.82) is 0 Å². The van der Waals surface area contributed by atoms with E-state index in [1.54, 1.807) is 6.08 Å². The summed E-state index contributed by atoms with van der Waals surface area (Å²) >= 11 is 0. The lowest BCUT2D eigenvalue weighted by Gasteiger charge is -2.15. The zero-order valence-corrected chi connectivity index (χ0v) is 24.1. The lowest BCUT2D eigenvalue weighted by Crippen LogP contribution is -1.92. The van der Waals surface area contributed by atoms with E-state index >= 15 is 0 Å². The highest BCUT2D eigenvalue weighted by atomic mass is 14.5. The Morgan fingerprint density at radius 1 is 0.419 bits per heavy atom. The lowest BCUT2D eigenvalue weighted by atomic mass is 9.90. The van der Waals surface area contributed by atoms with Gasteiger partial charge >= 0.3 is 0 Å². The van der Waals surface area contributed by atoms with Gasteiger partial charge in [0.15, 0.2) is 0 Å². The Morgan fingerprint density at radius 3 is 1.12 bits per heavy atom. The molecule has 0 amide bonds. The maximum atomic E-state index is 6.61. The molecule has 206 valence electrons. The predicted octanol–water partition coefficient (Wildman–Crippen LogP) is 11.4. The molecule has 0 unspecified atom stereocenters. The van der Waals surface area contributed by atoms with Crippen LogP contribution in [-0.4, -0.2) is 0 Å². The van der Waals surface area contributed by atoms with Crippen LogP contribution in [0.15, 0.2) is 177 Å². The minimum atomic E-state index is 0.719. The number of benzene rings is 6. The molecule has 0 radical (unpaired) electrons. The number of hydrogen-bond donors (Lipinski definition) is 1. The highest BCUT2D eigenvalue weighted by molar-refractivity contribution is 5.87. The van der Waals surface area contributed by atoms with E-state index in [0.717, 1.165) is 50.2 Å². The number of nitrogen functional groups attached to an aromatic ring is 1. The summed E-state index contributed by atoms with van der Waals surface area (Å²) in [6, 6.07) is 51.3. The average Bonchev–Trinajstić information content (AvgIpc) is 3.07. The smallest absolute Gasteiger partial charge is 0.0326 e. The van der Waals surface area contributed by atoms with Crippen molar-refractivity contribution in [1.82, 2.24) is 0 Å². The predicted molar refractivity (Wildman–Crippen MR) is 186 cm³/mol. The molecular formula is C42H33N. The maximum absolute atomic E-state index is 6.61. The van der Waals surface area contributed by atoms with Crippen molar-refractivity contribution in [3.8, 4) is 55.6 Å². The summed E-state index contributed by atoms with van der Waals surface area (Å²) in [6.07, 6.45) is 5.67. The second-order valence-corrected chi connectivity index (χ2v) is 10.6. The number of rotatable bonds is 8. The molecule has 6 rings (SSSR count). The average molecular weight is 552 g/mol. The normalized spacial score (nSPS) is 11.2. The number of nitrogens with two attached hydrogens (primary N) is 1. The molecule has 6 aromatic rings. The number of anilines is 1. The summed E-state index contributed by atoms with van der Waals surface area (Å²) in [5.41, 5.74) is 20.7. The molecule has 0 aromatic heterocycles. The van der Waals surface area contributed by atoms with E-state index in [1.807, 2.05) is 18.2 Å². The van der Waals surface area contributed by atoms with Crippen LogP contribution in [0.3, 0.4) is 0 Å². The van der Waals surface area contributed by atoms with E-state index in [-0.39, 0.29) is 0 Å². The lowest BCUT2D eigenvalue weighted by molar-refractivity contribution is 1.54. The fraction of sp³-hybridized carbons (Fsp3) is 0. The Bertz CT molecular complexity index is 1870. The summed E-state index contributed by atoms with van der Waals surface area (Å²) in [5.74, 6) is 0. The SMILES string of the molecule is C=CC=C(C=C)c1cc(-c2ccccc2)cc(-c2cc(N)cc(-c3cc(-c4ccccc4)cc(-c4ccccc4)c3)c2)c1. The van der Waals surface area contributed by atoms with Crippen LogP contribution in [0.25, 0.3) is 61.2 Å². The summed E-state index contributed by atoms with van der Waals surface area (Å²) in [7, 11) is 0. The fourth-order valence-corrected chi connectivity index (χ4v) is 5.54. The molecule has 0 saturated heterocycles. The van der Waals surface area contributed by atoms with E-state index < -0.39 is 0 Å². The van der Waals surface area contributed by atoms with Gasteiger partial charge in [-0.05, 0) is 121 Å².